The number of para-hydroxylation sites is 2. The SMILES string of the molecule is CC(=O)Nc1ccccc1Oc1nc(NN)c(F)cc1F. The first-order valence-electron chi connectivity index (χ1n) is 5.88. The van der Waals surface area contributed by atoms with Gasteiger partial charge in [0.15, 0.2) is 23.2 Å². The number of hydrazine groups is 1. The molecular formula is C13H12F2N4O2. The Bertz CT molecular complexity index is 679. The van der Waals surface area contributed by atoms with Crippen molar-refractivity contribution in [1.82, 2.24) is 4.98 Å². The quantitative estimate of drug-likeness (QED) is 0.595. The van der Waals surface area contributed by atoms with Crippen LogP contribution in [0.3, 0.4) is 0 Å². The van der Waals surface area contributed by atoms with Crippen molar-refractivity contribution in [3.63, 3.8) is 0 Å². The zero-order valence-electron chi connectivity index (χ0n) is 11.0. The molecule has 2 aromatic rings. The van der Waals surface area contributed by atoms with Gasteiger partial charge in [0.05, 0.1) is 5.69 Å². The number of hydrogen-bond donors (Lipinski definition) is 3. The Balaban J connectivity index is 2.36. The molecule has 0 radical (unpaired) electrons. The molecule has 1 aromatic carbocycles. The Morgan fingerprint density at radius 1 is 1.29 bits per heavy atom. The molecule has 1 amide bonds. The number of hydrogen-bond acceptors (Lipinski definition) is 5. The normalized spacial score (nSPS) is 10.1. The van der Waals surface area contributed by atoms with Crippen LogP contribution in [0.4, 0.5) is 20.3 Å². The second-order valence-electron chi connectivity index (χ2n) is 4.03. The highest BCUT2D eigenvalue weighted by atomic mass is 19.1. The van der Waals surface area contributed by atoms with Crippen molar-refractivity contribution in [3.8, 4) is 11.6 Å². The van der Waals surface area contributed by atoms with E-state index in [4.69, 9.17) is 10.6 Å². The van der Waals surface area contributed by atoms with Gasteiger partial charge in [-0.15, -0.1) is 0 Å². The van der Waals surface area contributed by atoms with Crippen LogP contribution in [0.1, 0.15) is 6.92 Å². The number of benzene rings is 1. The zero-order valence-corrected chi connectivity index (χ0v) is 11.0. The third-order valence-electron chi connectivity index (χ3n) is 2.44. The van der Waals surface area contributed by atoms with Crippen molar-refractivity contribution in [2.45, 2.75) is 6.92 Å². The first kappa shape index (κ1) is 14.7. The fourth-order valence-electron chi connectivity index (χ4n) is 1.58. The maximum absolute atomic E-state index is 13.7. The van der Waals surface area contributed by atoms with Crippen LogP contribution >= 0.6 is 0 Å². The van der Waals surface area contributed by atoms with E-state index in [-0.39, 0.29) is 17.5 Å². The summed E-state index contributed by atoms with van der Waals surface area (Å²) >= 11 is 0. The van der Waals surface area contributed by atoms with Crippen molar-refractivity contribution in [2.75, 3.05) is 10.7 Å². The molecule has 0 bridgehead atoms. The van der Waals surface area contributed by atoms with E-state index in [1.165, 1.54) is 13.0 Å². The summed E-state index contributed by atoms with van der Waals surface area (Å²) in [5.74, 6) is 2.14. The molecule has 0 aliphatic heterocycles. The Kier molecular flexibility index (Phi) is 4.29. The number of aromatic nitrogens is 1. The van der Waals surface area contributed by atoms with Crippen molar-refractivity contribution >= 4 is 17.4 Å². The van der Waals surface area contributed by atoms with E-state index >= 15 is 0 Å². The first-order chi connectivity index (χ1) is 10.0. The standard InChI is InChI=1S/C13H12F2N4O2/c1-7(20)17-10-4-2-3-5-11(10)21-13-9(15)6-8(14)12(18-13)19-16/h2-6H,16H2,1H3,(H,17,20)(H,18,19). The number of halogens is 2. The highest BCUT2D eigenvalue weighted by Crippen LogP contribution is 2.31. The van der Waals surface area contributed by atoms with E-state index in [0.717, 1.165) is 0 Å². The molecule has 1 aromatic heterocycles. The van der Waals surface area contributed by atoms with Gasteiger partial charge in [-0.05, 0) is 12.1 Å². The molecule has 0 saturated carbocycles. The Labute approximate surface area is 118 Å². The van der Waals surface area contributed by atoms with Gasteiger partial charge in [-0.3, -0.25) is 4.79 Å². The number of anilines is 2. The third-order valence-corrected chi connectivity index (χ3v) is 2.44. The molecule has 0 aliphatic carbocycles. The number of amides is 1. The second-order valence-corrected chi connectivity index (χ2v) is 4.03. The lowest BCUT2D eigenvalue weighted by atomic mass is 10.3. The monoisotopic (exact) mass is 294 g/mol. The average Bonchev–Trinajstić information content (AvgIpc) is 2.43. The highest BCUT2D eigenvalue weighted by molar-refractivity contribution is 5.90. The second kappa shape index (κ2) is 6.14. The van der Waals surface area contributed by atoms with Crippen LogP contribution in [0.25, 0.3) is 0 Å². The molecule has 0 spiro atoms. The summed E-state index contributed by atoms with van der Waals surface area (Å²) in [4.78, 5) is 14.7. The molecule has 0 aliphatic rings. The summed E-state index contributed by atoms with van der Waals surface area (Å²) in [5, 5.41) is 2.52. The zero-order chi connectivity index (χ0) is 15.4. The average molecular weight is 294 g/mol. The van der Waals surface area contributed by atoms with Gasteiger partial charge in [0.2, 0.25) is 5.91 Å². The summed E-state index contributed by atoms with van der Waals surface area (Å²) in [6, 6.07) is 6.97. The van der Waals surface area contributed by atoms with Crippen molar-refractivity contribution in [2.24, 2.45) is 5.84 Å². The number of carbonyl (C=O) groups is 1. The minimum Gasteiger partial charge on any atom is -0.434 e. The molecule has 0 fully saturated rings. The van der Waals surface area contributed by atoms with Crippen LogP contribution in [0.5, 0.6) is 11.6 Å². The number of nitrogens with two attached hydrogens (primary N) is 1. The van der Waals surface area contributed by atoms with Crippen LogP contribution < -0.4 is 21.3 Å². The molecular weight excluding hydrogens is 282 g/mol. The van der Waals surface area contributed by atoms with Crippen molar-refractivity contribution in [1.29, 1.82) is 0 Å². The number of nitrogens with one attached hydrogen (secondary N) is 2. The largest absolute Gasteiger partial charge is 0.434 e. The van der Waals surface area contributed by atoms with Crippen LogP contribution in [0, 0.1) is 11.6 Å². The predicted octanol–water partition coefficient (Wildman–Crippen LogP) is 2.40. The number of nitrogen functional groups attached to an aromatic ring is 1. The summed E-state index contributed by atoms with van der Waals surface area (Å²) in [6.07, 6.45) is 0. The van der Waals surface area contributed by atoms with E-state index in [1.54, 1.807) is 18.2 Å². The molecule has 0 unspecified atom stereocenters. The van der Waals surface area contributed by atoms with Crippen molar-refractivity contribution < 1.29 is 18.3 Å². The summed E-state index contributed by atoms with van der Waals surface area (Å²) < 4.78 is 32.2. The molecule has 2 rings (SSSR count). The Hall–Kier alpha value is -2.74. The smallest absolute Gasteiger partial charge is 0.258 e. The highest BCUT2D eigenvalue weighted by Gasteiger charge is 2.15. The van der Waals surface area contributed by atoms with Gasteiger partial charge < -0.3 is 15.5 Å². The molecule has 4 N–H and O–H groups in total. The van der Waals surface area contributed by atoms with Crippen LogP contribution in [0.15, 0.2) is 30.3 Å². The Morgan fingerprint density at radius 2 is 2.00 bits per heavy atom. The lowest BCUT2D eigenvalue weighted by molar-refractivity contribution is -0.114. The lowest BCUT2D eigenvalue weighted by Crippen LogP contribution is -2.12. The van der Waals surface area contributed by atoms with E-state index in [1.807, 2.05) is 5.43 Å². The minimum atomic E-state index is -0.996. The van der Waals surface area contributed by atoms with Gasteiger partial charge >= 0.3 is 0 Å². The maximum Gasteiger partial charge on any atom is 0.258 e. The first-order valence-corrected chi connectivity index (χ1v) is 5.88. The molecule has 1 heterocycles. The van der Waals surface area contributed by atoms with Gasteiger partial charge in [-0.25, -0.2) is 14.6 Å². The maximum atomic E-state index is 13.7. The van der Waals surface area contributed by atoms with Gasteiger partial charge in [0, 0.05) is 13.0 Å². The molecule has 8 heteroatoms. The van der Waals surface area contributed by atoms with Crippen LogP contribution in [0.2, 0.25) is 0 Å². The van der Waals surface area contributed by atoms with E-state index < -0.39 is 17.5 Å². The Morgan fingerprint density at radius 3 is 2.67 bits per heavy atom. The number of rotatable bonds is 4. The molecule has 0 atom stereocenters. The van der Waals surface area contributed by atoms with Gasteiger partial charge in [0.1, 0.15) is 0 Å². The topological polar surface area (TPSA) is 89.3 Å². The van der Waals surface area contributed by atoms with E-state index in [2.05, 4.69) is 10.3 Å². The van der Waals surface area contributed by atoms with Crippen LogP contribution in [-0.2, 0) is 4.79 Å². The predicted molar refractivity (Wildman–Crippen MR) is 72.8 cm³/mol. The fourth-order valence-corrected chi connectivity index (χ4v) is 1.58. The molecule has 110 valence electrons. The lowest BCUT2D eigenvalue weighted by Gasteiger charge is -2.12. The summed E-state index contributed by atoms with van der Waals surface area (Å²) in [7, 11) is 0. The van der Waals surface area contributed by atoms with E-state index in [0.29, 0.717) is 11.8 Å². The van der Waals surface area contributed by atoms with Gasteiger partial charge in [-0.1, -0.05) is 12.1 Å². The number of carbonyl (C=O) groups excluding carboxylic acids is 1. The molecule has 0 saturated heterocycles. The fraction of sp³-hybridized carbons (Fsp3) is 0.0769. The molecule has 6 nitrogen and oxygen atoms in total. The minimum absolute atomic E-state index is 0.161. The van der Waals surface area contributed by atoms with Crippen molar-refractivity contribution in [3.05, 3.63) is 42.0 Å². The van der Waals surface area contributed by atoms with Gasteiger partial charge in [0.25, 0.3) is 5.88 Å². The van der Waals surface area contributed by atoms with Gasteiger partial charge in [-0.2, -0.15) is 4.98 Å². The number of pyridine rings is 1. The third kappa shape index (κ3) is 3.42. The van der Waals surface area contributed by atoms with Crippen LogP contribution in [-0.4, -0.2) is 10.9 Å². The summed E-state index contributed by atoms with van der Waals surface area (Å²) in [5.41, 5.74) is 2.32. The number of nitrogens with zero attached hydrogens (tertiary/aromatic N) is 1. The number of ether oxygens (including phenoxy) is 1. The molecule has 21 heavy (non-hydrogen) atoms. The van der Waals surface area contributed by atoms with E-state index in [9.17, 15) is 13.6 Å². The summed E-state index contributed by atoms with van der Waals surface area (Å²) in [6.45, 7) is 1.32.